The topological polar surface area (TPSA) is 139 Å². The zero-order valence-electron chi connectivity index (χ0n) is 28.1. The summed E-state index contributed by atoms with van der Waals surface area (Å²) >= 11 is 0. The Kier molecular flexibility index (Phi) is 10.3. The Bertz CT molecular complexity index is 1070. The fourth-order valence-corrected chi connectivity index (χ4v) is 8.12. The molecule has 0 aromatic carbocycles. The van der Waals surface area contributed by atoms with Crippen molar-refractivity contribution in [2.24, 2.45) is 23.7 Å². The third-order valence-electron chi connectivity index (χ3n) is 10.4. The number of carbonyl (C=O) groups excluding carboxylic acids is 3. The van der Waals surface area contributed by atoms with Crippen LogP contribution in [-0.2, 0) is 42.7 Å². The number of ether oxygens (including phenoxy) is 7. The van der Waals surface area contributed by atoms with Crippen molar-refractivity contribution < 1.29 is 52.6 Å². The molecule has 0 aromatic heterocycles. The van der Waals surface area contributed by atoms with Gasteiger partial charge in [-0.3, -0.25) is 9.59 Å². The first-order valence-corrected chi connectivity index (χ1v) is 16.0. The number of aliphatic hydroxyl groups is 1. The predicted octanol–water partition coefficient (Wildman–Crippen LogP) is 3.45. The Balaban J connectivity index is 1.75. The monoisotopic (exact) mass is 627 g/mol. The van der Waals surface area contributed by atoms with E-state index in [1.165, 1.54) is 6.92 Å². The van der Waals surface area contributed by atoms with Crippen LogP contribution in [0.4, 0.5) is 4.79 Å². The third-order valence-corrected chi connectivity index (χ3v) is 10.4. The van der Waals surface area contributed by atoms with Crippen molar-refractivity contribution in [2.75, 3.05) is 14.1 Å². The molecular weight excluding hydrogens is 574 g/mol. The second-order valence-corrected chi connectivity index (χ2v) is 14.2. The lowest BCUT2D eigenvalue weighted by atomic mass is 9.76. The van der Waals surface area contributed by atoms with Crippen molar-refractivity contribution in [1.82, 2.24) is 4.90 Å². The van der Waals surface area contributed by atoms with Crippen molar-refractivity contribution >= 4 is 18.1 Å². The first-order valence-electron chi connectivity index (χ1n) is 16.0. The van der Waals surface area contributed by atoms with Crippen molar-refractivity contribution in [1.29, 1.82) is 0 Å². The molecule has 5 unspecified atom stereocenters. The van der Waals surface area contributed by atoms with Crippen molar-refractivity contribution in [3.8, 4) is 0 Å². The van der Waals surface area contributed by atoms with Crippen LogP contribution in [0.3, 0.4) is 0 Å². The summed E-state index contributed by atoms with van der Waals surface area (Å²) in [4.78, 5) is 40.2. The highest BCUT2D eigenvalue weighted by Gasteiger charge is 2.61. The lowest BCUT2D eigenvalue weighted by Gasteiger charge is -2.47. The van der Waals surface area contributed by atoms with E-state index in [2.05, 4.69) is 6.92 Å². The molecule has 12 heteroatoms. The largest absolute Gasteiger partial charge is 0.509 e. The molecule has 4 fully saturated rings. The number of carbonyl (C=O) groups is 3. The quantitative estimate of drug-likeness (QED) is 0.341. The van der Waals surface area contributed by atoms with Gasteiger partial charge in [-0.15, -0.1) is 0 Å². The van der Waals surface area contributed by atoms with Crippen LogP contribution in [0.2, 0.25) is 0 Å². The highest BCUT2D eigenvalue weighted by Crippen LogP contribution is 2.49. The van der Waals surface area contributed by atoms with Gasteiger partial charge < -0.3 is 43.2 Å². The van der Waals surface area contributed by atoms with Gasteiger partial charge in [-0.05, 0) is 67.0 Å². The fraction of sp³-hybridized carbons (Fsp3) is 0.906. The van der Waals surface area contributed by atoms with Crippen LogP contribution in [0.1, 0.15) is 81.6 Å². The maximum atomic E-state index is 13.7. The van der Waals surface area contributed by atoms with E-state index in [9.17, 15) is 19.5 Å². The maximum Gasteiger partial charge on any atom is 0.509 e. The van der Waals surface area contributed by atoms with E-state index in [4.69, 9.17) is 33.2 Å². The molecule has 2 bridgehead atoms. The van der Waals surface area contributed by atoms with Crippen LogP contribution in [0.25, 0.3) is 0 Å². The summed E-state index contributed by atoms with van der Waals surface area (Å²) in [5.74, 6) is -3.08. The molecule has 4 aliphatic rings. The fourth-order valence-electron chi connectivity index (χ4n) is 8.12. The van der Waals surface area contributed by atoms with Gasteiger partial charge in [0.25, 0.3) is 0 Å². The van der Waals surface area contributed by atoms with Crippen molar-refractivity contribution in [3.05, 3.63) is 0 Å². The zero-order valence-corrected chi connectivity index (χ0v) is 28.1. The molecule has 0 spiro atoms. The van der Waals surface area contributed by atoms with Gasteiger partial charge in [0, 0.05) is 18.8 Å². The van der Waals surface area contributed by atoms with E-state index in [0.717, 1.165) is 0 Å². The molecule has 4 saturated heterocycles. The predicted molar refractivity (Wildman–Crippen MR) is 157 cm³/mol. The van der Waals surface area contributed by atoms with Gasteiger partial charge >= 0.3 is 18.1 Å². The van der Waals surface area contributed by atoms with E-state index in [1.54, 1.807) is 13.8 Å². The van der Waals surface area contributed by atoms with Crippen LogP contribution < -0.4 is 0 Å². The van der Waals surface area contributed by atoms with Crippen molar-refractivity contribution in [2.45, 2.75) is 148 Å². The van der Waals surface area contributed by atoms with Crippen LogP contribution in [0.5, 0.6) is 0 Å². The minimum Gasteiger partial charge on any atom is -0.457 e. The van der Waals surface area contributed by atoms with Gasteiger partial charge in [-0.1, -0.05) is 27.7 Å². The normalized spacial score (nSPS) is 48.2. The minimum atomic E-state index is -1.26. The van der Waals surface area contributed by atoms with Gasteiger partial charge in [-0.2, -0.15) is 0 Å². The van der Waals surface area contributed by atoms with E-state index in [0.29, 0.717) is 19.3 Å². The summed E-state index contributed by atoms with van der Waals surface area (Å²) in [5, 5.41) is 11.7. The molecule has 4 heterocycles. The van der Waals surface area contributed by atoms with Gasteiger partial charge in [0.05, 0.1) is 42.0 Å². The smallest absolute Gasteiger partial charge is 0.457 e. The number of esters is 2. The Morgan fingerprint density at radius 3 is 2.32 bits per heavy atom. The molecule has 1 N–H and O–H groups in total. The zero-order chi connectivity index (χ0) is 32.9. The summed E-state index contributed by atoms with van der Waals surface area (Å²) in [6, 6.07) is -0.169. The number of nitrogens with zero attached hydrogens (tertiary/aromatic N) is 1. The first kappa shape index (κ1) is 34.9. The van der Waals surface area contributed by atoms with E-state index >= 15 is 0 Å². The van der Waals surface area contributed by atoms with Gasteiger partial charge in [0.15, 0.2) is 18.0 Å². The standard InChI is InChI=1S/C32H53NO11/c1-12-22-32(9,44-30(37)40-22)27-19(6)24-15(2)14-31(8,43-24)26(17(4)23(35)18(5)28(36)41-27)42-29-25(39-20(7)34)21(33(10)11)13-16(3)38-29/h15-19,21-27,29,35H,12-14H2,1-11H3/t15?,16?,17-,18+,19-,21?,22+,23-,24?,25?,26+,27+,29-,31-,32+/m0/s1. The summed E-state index contributed by atoms with van der Waals surface area (Å²) in [6.07, 6.45) is -4.90. The number of fused-ring (bicyclic) bond motifs is 2. The second-order valence-electron chi connectivity index (χ2n) is 14.2. The average Bonchev–Trinajstić information content (AvgIpc) is 3.42. The Hall–Kier alpha value is -1.99. The molecule has 252 valence electrons. The molecule has 4 rings (SSSR count). The molecule has 15 atom stereocenters. The number of rotatable bonds is 6. The lowest BCUT2D eigenvalue weighted by molar-refractivity contribution is -0.303. The lowest BCUT2D eigenvalue weighted by Crippen LogP contribution is -2.59. The third kappa shape index (κ3) is 6.47. The summed E-state index contributed by atoms with van der Waals surface area (Å²) in [7, 11) is 3.84. The number of aliphatic hydroxyl groups excluding tert-OH is 1. The Morgan fingerprint density at radius 2 is 1.73 bits per heavy atom. The molecule has 0 saturated carbocycles. The average molecular weight is 628 g/mol. The molecule has 0 radical (unpaired) electrons. The summed E-state index contributed by atoms with van der Waals surface area (Å²) < 4.78 is 43.1. The van der Waals surface area contributed by atoms with Crippen molar-refractivity contribution in [3.63, 3.8) is 0 Å². The van der Waals surface area contributed by atoms with Crippen LogP contribution >= 0.6 is 0 Å². The van der Waals surface area contributed by atoms with Gasteiger partial charge in [0.1, 0.15) is 12.2 Å². The van der Waals surface area contributed by atoms with E-state index in [1.807, 2.05) is 53.6 Å². The molecule has 4 aliphatic heterocycles. The van der Waals surface area contributed by atoms with E-state index in [-0.39, 0.29) is 18.1 Å². The van der Waals surface area contributed by atoms with Crippen LogP contribution in [0.15, 0.2) is 0 Å². The van der Waals surface area contributed by atoms with E-state index < -0.39 is 90.0 Å². The molecule has 0 aromatic rings. The Morgan fingerprint density at radius 1 is 1.07 bits per heavy atom. The number of cyclic esters (lactones) is 3. The first-order chi connectivity index (χ1) is 20.4. The molecule has 0 aliphatic carbocycles. The van der Waals surface area contributed by atoms with Gasteiger partial charge in [0.2, 0.25) is 0 Å². The summed E-state index contributed by atoms with van der Waals surface area (Å²) in [6.45, 7) is 16.3. The maximum absolute atomic E-state index is 13.7. The number of hydrogen-bond donors (Lipinski definition) is 1. The molecular formula is C32H53NO11. The molecule has 44 heavy (non-hydrogen) atoms. The highest BCUT2D eigenvalue weighted by atomic mass is 16.8. The van der Waals surface area contributed by atoms with Crippen LogP contribution in [0, 0.1) is 23.7 Å². The van der Waals surface area contributed by atoms with Crippen LogP contribution in [-0.4, -0.2) is 108 Å². The summed E-state index contributed by atoms with van der Waals surface area (Å²) in [5.41, 5.74) is -2.18. The minimum absolute atomic E-state index is 0.0183. The highest BCUT2D eigenvalue weighted by molar-refractivity contribution is 5.73. The second kappa shape index (κ2) is 13.0. The Labute approximate surface area is 261 Å². The number of hydrogen-bond acceptors (Lipinski definition) is 12. The SMILES string of the molecule is CC[C@H]1OC(=O)O[C@@]1(C)[C@@H]1OC(=O)[C@H](C)[C@@H](O)[C@H](C)[C@@H](O[C@@H]2OC(C)CC(N(C)C)C2OC(C)=O)[C@]2(C)CC(C)C(O2)[C@@H]1C. The molecule has 12 nitrogen and oxygen atoms in total. The number of likely N-dealkylation sites (N-methyl/N-ethyl adjacent to an activating group) is 1. The van der Waals surface area contributed by atoms with Gasteiger partial charge in [-0.25, -0.2) is 4.79 Å². The molecule has 0 amide bonds.